The van der Waals surface area contributed by atoms with Gasteiger partial charge in [0.25, 0.3) is 5.56 Å². The molecule has 0 radical (unpaired) electrons. The molecule has 0 N–H and O–H groups in total. The van der Waals surface area contributed by atoms with Gasteiger partial charge in [0.1, 0.15) is 5.82 Å². The van der Waals surface area contributed by atoms with Crippen LogP contribution in [0.25, 0.3) is 11.1 Å². The molecule has 0 bridgehead atoms. The van der Waals surface area contributed by atoms with Crippen molar-refractivity contribution in [3.8, 4) is 11.1 Å². The number of hydrogen-bond acceptors (Lipinski definition) is 2. The number of aryl methyl sites for hydroxylation is 1. The van der Waals surface area contributed by atoms with Gasteiger partial charge in [-0.1, -0.05) is 12.1 Å². The molecule has 0 spiro atoms. The van der Waals surface area contributed by atoms with E-state index >= 15 is 0 Å². The van der Waals surface area contributed by atoms with Gasteiger partial charge >= 0.3 is 0 Å². The molecule has 0 saturated carbocycles. The van der Waals surface area contributed by atoms with Crippen LogP contribution in [0.2, 0.25) is 0 Å². The van der Waals surface area contributed by atoms with Gasteiger partial charge in [0.05, 0.1) is 5.56 Å². The lowest BCUT2D eigenvalue weighted by atomic mass is 10.1. The van der Waals surface area contributed by atoms with Gasteiger partial charge in [0.15, 0.2) is 0 Å². The zero-order valence-corrected chi connectivity index (χ0v) is 11.1. The summed E-state index contributed by atoms with van der Waals surface area (Å²) in [5.74, 6) is 0.257. The fraction of sp³-hybridized carbons (Fsp3) is 0.286. The third kappa shape index (κ3) is 3.41. The van der Waals surface area contributed by atoms with Gasteiger partial charge in [0, 0.05) is 18.6 Å². The highest BCUT2D eigenvalue weighted by atomic mass is 35.5. The van der Waals surface area contributed by atoms with Crippen molar-refractivity contribution in [3.63, 3.8) is 0 Å². The van der Waals surface area contributed by atoms with Crippen molar-refractivity contribution in [3.05, 3.63) is 52.7 Å². The minimum atomic E-state index is -0.319. The summed E-state index contributed by atoms with van der Waals surface area (Å²) >= 11 is 5.61. The van der Waals surface area contributed by atoms with E-state index in [-0.39, 0.29) is 11.4 Å². The molecule has 1 aromatic carbocycles. The Bertz CT molecular complexity index is 595. The van der Waals surface area contributed by atoms with Gasteiger partial charge in [-0.05, 0) is 36.6 Å². The fourth-order valence-corrected chi connectivity index (χ4v) is 2.00. The summed E-state index contributed by atoms with van der Waals surface area (Å²) in [5, 5.41) is 4.04. The van der Waals surface area contributed by atoms with E-state index < -0.39 is 0 Å². The molecule has 2 aromatic rings. The summed E-state index contributed by atoms with van der Waals surface area (Å²) in [4.78, 5) is 12.2. The number of nitrogens with zero attached hydrogens (tertiary/aromatic N) is 2. The first kappa shape index (κ1) is 13.7. The van der Waals surface area contributed by atoms with Crippen molar-refractivity contribution in [1.82, 2.24) is 9.78 Å². The lowest BCUT2D eigenvalue weighted by Gasteiger charge is -2.06. The summed E-state index contributed by atoms with van der Waals surface area (Å²) in [6, 6.07) is 7.51. The van der Waals surface area contributed by atoms with E-state index in [0.29, 0.717) is 23.6 Å². The van der Waals surface area contributed by atoms with Gasteiger partial charge in [-0.15, -0.1) is 11.6 Å². The zero-order chi connectivity index (χ0) is 13.7. The van der Waals surface area contributed by atoms with Crippen LogP contribution >= 0.6 is 11.6 Å². The molecule has 1 heterocycles. The molecule has 3 nitrogen and oxygen atoms in total. The molecule has 0 aliphatic carbocycles. The van der Waals surface area contributed by atoms with Gasteiger partial charge in [-0.25, -0.2) is 9.07 Å². The normalized spacial score (nSPS) is 10.6. The Labute approximate surface area is 115 Å². The van der Waals surface area contributed by atoms with Gasteiger partial charge < -0.3 is 0 Å². The summed E-state index contributed by atoms with van der Waals surface area (Å²) in [7, 11) is 0. The third-order valence-electron chi connectivity index (χ3n) is 2.82. The van der Waals surface area contributed by atoms with Crippen LogP contribution in [-0.2, 0) is 6.54 Å². The van der Waals surface area contributed by atoms with Crippen LogP contribution in [0, 0.1) is 5.82 Å². The van der Waals surface area contributed by atoms with Crippen molar-refractivity contribution in [2.45, 2.75) is 19.4 Å². The second kappa shape index (κ2) is 6.48. The minimum Gasteiger partial charge on any atom is -0.267 e. The molecule has 0 aliphatic heterocycles. The minimum absolute atomic E-state index is 0.163. The Morgan fingerprint density at radius 1 is 1.16 bits per heavy atom. The van der Waals surface area contributed by atoms with E-state index in [1.165, 1.54) is 16.8 Å². The van der Waals surface area contributed by atoms with Crippen molar-refractivity contribution in [1.29, 1.82) is 0 Å². The Morgan fingerprint density at radius 2 is 1.89 bits per heavy atom. The van der Waals surface area contributed by atoms with Crippen LogP contribution in [0.5, 0.6) is 0 Å². The largest absolute Gasteiger partial charge is 0.274 e. The molecular formula is C14H14ClFN2O. The van der Waals surface area contributed by atoms with E-state index in [9.17, 15) is 9.18 Å². The Morgan fingerprint density at radius 3 is 2.58 bits per heavy atom. The smallest absolute Gasteiger partial charge is 0.267 e. The molecule has 0 unspecified atom stereocenters. The lowest BCUT2D eigenvalue weighted by molar-refractivity contribution is 0.545. The quantitative estimate of drug-likeness (QED) is 0.623. The standard InChI is InChI=1S/C14H14ClFN2O/c15-8-1-2-10-18-14(19)13(7-9-17-18)11-3-5-12(16)6-4-11/h3-7,9H,1-2,8,10H2. The molecule has 19 heavy (non-hydrogen) atoms. The molecule has 0 fully saturated rings. The molecular weight excluding hydrogens is 267 g/mol. The molecule has 0 saturated heterocycles. The molecule has 2 rings (SSSR count). The Kier molecular flexibility index (Phi) is 4.68. The second-order valence-electron chi connectivity index (χ2n) is 4.18. The molecule has 0 aliphatic rings. The number of halogens is 2. The first-order valence-electron chi connectivity index (χ1n) is 6.10. The highest BCUT2D eigenvalue weighted by Gasteiger charge is 2.06. The number of unbranched alkanes of at least 4 members (excludes halogenated alkanes) is 1. The predicted molar refractivity (Wildman–Crippen MR) is 73.8 cm³/mol. The van der Waals surface area contributed by atoms with E-state index in [0.717, 1.165) is 12.8 Å². The van der Waals surface area contributed by atoms with Crippen LogP contribution in [0.15, 0.2) is 41.3 Å². The first-order valence-corrected chi connectivity index (χ1v) is 6.64. The maximum absolute atomic E-state index is 12.9. The van der Waals surface area contributed by atoms with Gasteiger partial charge in [-0.3, -0.25) is 4.79 Å². The van der Waals surface area contributed by atoms with E-state index in [4.69, 9.17) is 11.6 Å². The van der Waals surface area contributed by atoms with Crippen molar-refractivity contribution in [2.75, 3.05) is 5.88 Å². The third-order valence-corrected chi connectivity index (χ3v) is 3.09. The summed E-state index contributed by atoms with van der Waals surface area (Å²) < 4.78 is 14.3. The zero-order valence-electron chi connectivity index (χ0n) is 10.4. The Balaban J connectivity index is 2.29. The van der Waals surface area contributed by atoms with E-state index in [2.05, 4.69) is 5.10 Å². The van der Waals surface area contributed by atoms with Crippen LogP contribution in [0.4, 0.5) is 4.39 Å². The highest BCUT2D eigenvalue weighted by molar-refractivity contribution is 6.17. The molecule has 0 amide bonds. The van der Waals surface area contributed by atoms with Crippen LogP contribution in [0.3, 0.4) is 0 Å². The number of hydrogen-bond donors (Lipinski definition) is 0. The number of rotatable bonds is 5. The lowest BCUT2D eigenvalue weighted by Crippen LogP contribution is -2.24. The monoisotopic (exact) mass is 280 g/mol. The number of alkyl halides is 1. The summed E-state index contributed by atoms with van der Waals surface area (Å²) in [6.45, 7) is 0.542. The maximum atomic E-state index is 12.9. The fourth-order valence-electron chi connectivity index (χ4n) is 1.82. The van der Waals surface area contributed by atoms with Crippen LogP contribution in [0.1, 0.15) is 12.8 Å². The average Bonchev–Trinajstić information content (AvgIpc) is 2.42. The average molecular weight is 281 g/mol. The SMILES string of the molecule is O=c1c(-c2ccc(F)cc2)ccnn1CCCCCl. The highest BCUT2D eigenvalue weighted by Crippen LogP contribution is 2.14. The van der Waals surface area contributed by atoms with Crippen LogP contribution < -0.4 is 5.56 Å². The topological polar surface area (TPSA) is 34.9 Å². The van der Waals surface area contributed by atoms with Crippen molar-refractivity contribution in [2.24, 2.45) is 0 Å². The molecule has 5 heteroatoms. The maximum Gasteiger partial charge on any atom is 0.274 e. The second-order valence-corrected chi connectivity index (χ2v) is 4.55. The summed E-state index contributed by atoms with van der Waals surface area (Å²) in [6.07, 6.45) is 3.24. The van der Waals surface area contributed by atoms with E-state index in [1.54, 1.807) is 24.4 Å². The van der Waals surface area contributed by atoms with Gasteiger partial charge in [0.2, 0.25) is 0 Å². The Hall–Kier alpha value is -1.68. The number of aromatic nitrogens is 2. The summed E-state index contributed by atoms with van der Waals surface area (Å²) in [5.41, 5.74) is 1.06. The van der Waals surface area contributed by atoms with Crippen molar-refractivity contribution < 1.29 is 4.39 Å². The first-order chi connectivity index (χ1) is 9.22. The van der Waals surface area contributed by atoms with Crippen molar-refractivity contribution >= 4 is 11.6 Å². The van der Waals surface area contributed by atoms with Crippen LogP contribution in [-0.4, -0.2) is 15.7 Å². The number of benzene rings is 1. The molecule has 100 valence electrons. The molecule has 0 atom stereocenters. The van der Waals surface area contributed by atoms with Gasteiger partial charge in [-0.2, -0.15) is 5.10 Å². The molecule has 1 aromatic heterocycles. The predicted octanol–water partition coefficient (Wildman–Crippen LogP) is 3.07. The van der Waals surface area contributed by atoms with E-state index in [1.807, 2.05) is 0 Å².